The van der Waals surface area contributed by atoms with Gasteiger partial charge in [-0.15, -0.1) is 0 Å². The highest BCUT2D eigenvalue weighted by Crippen LogP contribution is 2.28. The Morgan fingerprint density at radius 3 is 2.65 bits per heavy atom. The number of rotatable bonds is 4. The van der Waals surface area contributed by atoms with Crippen LogP contribution in [0.5, 0.6) is 0 Å². The number of nitrogens with one attached hydrogen (secondary N) is 1. The third-order valence-electron chi connectivity index (χ3n) is 2.63. The van der Waals surface area contributed by atoms with Gasteiger partial charge in [0.05, 0.1) is 14.4 Å². The SMILES string of the molecule is O=[N+]([O-])c1ccc(NCc2ccc(Cl)c(F)c2)cc1Br. The zero-order valence-electron chi connectivity index (χ0n) is 10.1. The summed E-state index contributed by atoms with van der Waals surface area (Å²) in [5.74, 6) is -0.476. The monoisotopic (exact) mass is 358 g/mol. The first-order valence-electron chi connectivity index (χ1n) is 5.59. The van der Waals surface area contributed by atoms with E-state index in [1.165, 1.54) is 18.2 Å². The van der Waals surface area contributed by atoms with Crippen molar-refractivity contribution >= 4 is 38.9 Å². The number of nitro groups is 1. The van der Waals surface area contributed by atoms with Crippen LogP contribution in [-0.2, 0) is 6.54 Å². The maximum Gasteiger partial charge on any atom is 0.283 e. The van der Waals surface area contributed by atoms with Gasteiger partial charge in [0.2, 0.25) is 0 Å². The molecule has 1 N–H and O–H groups in total. The average molecular weight is 360 g/mol. The fraction of sp³-hybridized carbons (Fsp3) is 0.0769. The second kappa shape index (κ2) is 6.19. The molecule has 4 nitrogen and oxygen atoms in total. The summed E-state index contributed by atoms with van der Waals surface area (Å²) in [6.45, 7) is 0.387. The van der Waals surface area contributed by atoms with Gasteiger partial charge >= 0.3 is 0 Å². The molecule has 0 atom stereocenters. The first kappa shape index (κ1) is 14.7. The van der Waals surface area contributed by atoms with Crippen molar-refractivity contribution in [2.24, 2.45) is 0 Å². The van der Waals surface area contributed by atoms with Crippen LogP contribution in [0.25, 0.3) is 0 Å². The van der Waals surface area contributed by atoms with Gasteiger partial charge in [0, 0.05) is 18.3 Å². The lowest BCUT2D eigenvalue weighted by Crippen LogP contribution is -2.00. The summed E-state index contributed by atoms with van der Waals surface area (Å²) in [4.78, 5) is 10.2. The predicted molar refractivity (Wildman–Crippen MR) is 79.5 cm³/mol. The molecule has 0 radical (unpaired) electrons. The summed E-state index contributed by atoms with van der Waals surface area (Å²) in [6.07, 6.45) is 0. The molecule has 2 aromatic carbocycles. The first-order valence-corrected chi connectivity index (χ1v) is 6.76. The van der Waals surface area contributed by atoms with Crippen LogP contribution in [0, 0.1) is 15.9 Å². The van der Waals surface area contributed by atoms with E-state index in [2.05, 4.69) is 21.2 Å². The van der Waals surface area contributed by atoms with Gasteiger partial charge in [-0.05, 0) is 45.8 Å². The van der Waals surface area contributed by atoms with E-state index in [0.29, 0.717) is 16.7 Å². The summed E-state index contributed by atoms with van der Waals surface area (Å²) in [5.41, 5.74) is 1.41. The standard InChI is InChI=1S/C13H9BrClFN2O2/c14-10-6-9(2-4-13(10)18(19)20)17-7-8-1-3-11(15)12(16)5-8/h1-6,17H,7H2. The average Bonchev–Trinajstić information content (AvgIpc) is 2.40. The molecule has 0 saturated carbocycles. The van der Waals surface area contributed by atoms with Gasteiger partial charge in [-0.1, -0.05) is 17.7 Å². The van der Waals surface area contributed by atoms with E-state index in [0.717, 1.165) is 5.56 Å². The maximum absolute atomic E-state index is 13.3. The zero-order chi connectivity index (χ0) is 14.7. The van der Waals surface area contributed by atoms with Crippen LogP contribution in [0.4, 0.5) is 15.8 Å². The second-order valence-electron chi connectivity index (χ2n) is 4.03. The van der Waals surface area contributed by atoms with Gasteiger partial charge in [-0.2, -0.15) is 0 Å². The van der Waals surface area contributed by atoms with Crippen molar-refractivity contribution in [3.8, 4) is 0 Å². The van der Waals surface area contributed by atoms with Crippen molar-refractivity contribution in [1.29, 1.82) is 0 Å². The molecular weight excluding hydrogens is 351 g/mol. The Bertz CT molecular complexity index is 667. The van der Waals surface area contributed by atoms with Crippen molar-refractivity contribution in [3.63, 3.8) is 0 Å². The maximum atomic E-state index is 13.3. The Morgan fingerprint density at radius 2 is 2.05 bits per heavy atom. The number of hydrogen-bond donors (Lipinski definition) is 1. The van der Waals surface area contributed by atoms with Crippen molar-refractivity contribution in [2.75, 3.05) is 5.32 Å². The number of nitro benzene ring substituents is 1. The molecule has 0 amide bonds. The molecule has 0 spiro atoms. The number of halogens is 3. The quantitative estimate of drug-likeness (QED) is 0.632. The molecule has 0 fully saturated rings. The minimum atomic E-state index is -0.476. The Labute approximate surface area is 127 Å². The van der Waals surface area contributed by atoms with E-state index < -0.39 is 10.7 Å². The van der Waals surface area contributed by atoms with Crippen LogP contribution in [-0.4, -0.2) is 4.92 Å². The van der Waals surface area contributed by atoms with Crippen LogP contribution in [0.3, 0.4) is 0 Å². The molecule has 0 aliphatic rings. The fourth-order valence-corrected chi connectivity index (χ4v) is 2.26. The first-order chi connectivity index (χ1) is 9.47. The van der Waals surface area contributed by atoms with Crippen molar-refractivity contribution in [1.82, 2.24) is 0 Å². The smallest absolute Gasteiger partial charge is 0.283 e. The fourth-order valence-electron chi connectivity index (χ4n) is 1.62. The lowest BCUT2D eigenvalue weighted by atomic mass is 10.2. The molecule has 7 heteroatoms. The largest absolute Gasteiger partial charge is 0.381 e. The summed E-state index contributed by atoms with van der Waals surface area (Å²) in [5, 5.41) is 13.8. The highest BCUT2D eigenvalue weighted by molar-refractivity contribution is 9.10. The highest BCUT2D eigenvalue weighted by atomic mass is 79.9. The molecule has 2 aromatic rings. The van der Waals surface area contributed by atoms with Crippen molar-refractivity contribution in [2.45, 2.75) is 6.54 Å². The van der Waals surface area contributed by atoms with E-state index in [4.69, 9.17) is 11.6 Å². The molecule has 0 heterocycles. The van der Waals surface area contributed by atoms with E-state index in [9.17, 15) is 14.5 Å². The summed E-state index contributed by atoms with van der Waals surface area (Å²) in [7, 11) is 0. The third-order valence-corrected chi connectivity index (χ3v) is 3.57. The van der Waals surface area contributed by atoms with Gasteiger partial charge in [0.1, 0.15) is 5.82 Å². The molecule has 0 unspecified atom stereocenters. The van der Waals surface area contributed by atoms with Crippen LogP contribution in [0.1, 0.15) is 5.56 Å². The van der Waals surface area contributed by atoms with Crippen molar-refractivity contribution < 1.29 is 9.31 Å². The van der Waals surface area contributed by atoms with Gasteiger partial charge in [-0.3, -0.25) is 10.1 Å². The van der Waals surface area contributed by atoms with Gasteiger partial charge in [0.25, 0.3) is 5.69 Å². The van der Waals surface area contributed by atoms with Crippen LogP contribution < -0.4 is 5.32 Å². The van der Waals surface area contributed by atoms with Crippen LogP contribution in [0.15, 0.2) is 40.9 Å². The van der Waals surface area contributed by atoms with Gasteiger partial charge in [-0.25, -0.2) is 4.39 Å². The number of anilines is 1. The Morgan fingerprint density at radius 1 is 1.30 bits per heavy atom. The van der Waals surface area contributed by atoms with Gasteiger partial charge in [0.15, 0.2) is 0 Å². The minimum Gasteiger partial charge on any atom is -0.381 e. The molecule has 0 bridgehead atoms. The van der Waals surface area contributed by atoms with E-state index in [1.54, 1.807) is 18.2 Å². The summed E-state index contributed by atoms with van der Waals surface area (Å²) < 4.78 is 13.7. The zero-order valence-corrected chi connectivity index (χ0v) is 12.4. The Balaban J connectivity index is 2.09. The molecule has 2 rings (SSSR count). The topological polar surface area (TPSA) is 55.2 Å². The highest BCUT2D eigenvalue weighted by Gasteiger charge is 2.11. The summed E-state index contributed by atoms with van der Waals surface area (Å²) >= 11 is 8.74. The Hall–Kier alpha value is -1.66. The number of hydrogen-bond acceptors (Lipinski definition) is 3. The third kappa shape index (κ3) is 3.46. The molecule has 0 aliphatic carbocycles. The second-order valence-corrected chi connectivity index (χ2v) is 5.29. The Kier molecular flexibility index (Phi) is 4.57. The van der Waals surface area contributed by atoms with E-state index >= 15 is 0 Å². The van der Waals surface area contributed by atoms with E-state index in [1.807, 2.05) is 0 Å². The van der Waals surface area contributed by atoms with Crippen LogP contribution >= 0.6 is 27.5 Å². The van der Waals surface area contributed by atoms with E-state index in [-0.39, 0.29) is 10.7 Å². The predicted octanol–water partition coefficient (Wildman–Crippen LogP) is 4.76. The van der Waals surface area contributed by atoms with Crippen LogP contribution in [0.2, 0.25) is 5.02 Å². The van der Waals surface area contributed by atoms with Crippen molar-refractivity contribution in [3.05, 3.63) is 67.4 Å². The van der Waals surface area contributed by atoms with Gasteiger partial charge < -0.3 is 5.32 Å². The molecule has 20 heavy (non-hydrogen) atoms. The molecule has 0 aliphatic heterocycles. The number of nitrogens with zero attached hydrogens (tertiary/aromatic N) is 1. The molecule has 104 valence electrons. The number of benzene rings is 2. The molecule has 0 aromatic heterocycles. The summed E-state index contributed by atoms with van der Waals surface area (Å²) in [6, 6.07) is 9.13. The molecule has 0 saturated heterocycles. The molecular formula is C13H9BrClFN2O2. The lowest BCUT2D eigenvalue weighted by molar-refractivity contribution is -0.385. The normalized spacial score (nSPS) is 10.3. The minimum absolute atomic E-state index is 0.00640. The lowest BCUT2D eigenvalue weighted by Gasteiger charge is -2.07.